The summed E-state index contributed by atoms with van der Waals surface area (Å²) in [6.07, 6.45) is 11.0. The Kier molecular flexibility index (Phi) is 5.32. The van der Waals surface area contributed by atoms with Crippen LogP contribution in [0.5, 0.6) is 0 Å². The van der Waals surface area contributed by atoms with E-state index < -0.39 is 0 Å². The van der Waals surface area contributed by atoms with Crippen molar-refractivity contribution in [1.82, 2.24) is 0 Å². The van der Waals surface area contributed by atoms with Crippen LogP contribution in [0, 0.1) is 29.1 Å². The number of nitriles is 1. The third-order valence-electron chi connectivity index (χ3n) is 3.48. The quantitative estimate of drug-likeness (QED) is 0.475. The molecule has 1 rings (SSSR count). The lowest BCUT2D eigenvalue weighted by molar-refractivity contribution is 0.395. The average Bonchev–Trinajstić information content (AvgIpc) is 3.06. The molecule has 1 heteroatoms. The van der Waals surface area contributed by atoms with E-state index in [9.17, 15) is 0 Å². The SMILES string of the molecule is CC(C)C(C)CCC=CC=C(C#N)C1CC1. The van der Waals surface area contributed by atoms with Gasteiger partial charge in [-0.1, -0.05) is 32.9 Å². The molecule has 1 nitrogen and oxygen atoms in total. The van der Waals surface area contributed by atoms with E-state index in [1.807, 2.05) is 6.08 Å². The fraction of sp³-hybridized carbons (Fsp3) is 0.667. The number of rotatable bonds is 6. The molecular formula is C15H23N. The number of allylic oxidation sites excluding steroid dienone is 4. The fourth-order valence-corrected chi connectivity index (χ4v) is 1.62. The zero-order valence-electron chi connectivity index (χ0n) is 10.7. The molecule has 0 aliphatic heterocycles. The molecule has 0 bridgehead atoms. The zero-order chi connectivity index (χ0) is 12.0. The van der Waals surface area contributed by atoms with E-state index in [1.54, 1.807) is 0 Å². The van der Waals surface area contributed by atoms with Crippen molar-refractivity contribution in [3.63, 3.8) is 0 Å². The topological polar surface area (TPSA) is 23.8 Å². The zero-order valence-corrected chi connectivity index (χ0v) is 10.7. The highest BCUT2D eigenvalue weighted by atomic mass is 14.3. The van der Waals surface area contributed by atoms with Crippen LogP contribution in [0.3, 0.4) is 0 Å². The van der Waals surface area contributed by atoms with Crippen molar-refractivity contribution in [2.24, 2.45) is 17.8 Å². The maximum absolute atomic E-state index is 8.90. The van der Waals surface area contributed by atoms with Gasteiger partial charge in [0.1, 0.15) is 0 Å². The highest BCUT2D eigenvalue weighted by molar-refractivity contribution is 5.31. The van der Waals surface area contributed by atoms with E-state index in [4.69, 9.17) is 5.26 Å². The molecule has 1 saturated carbocycles. The lowest BCUT2D eigenvalue weighted by Gasteiger charge is -2.13. The molecule has 0 amide bonds. The number of hydrogen-bond acceptors (Lipinski definition) is 1. The van der Waals surface area contributed by atoms with E-state index in [2.05, 4.69) is 39.0 Å². The summed E-state index contributed by atoms with van der Waals surface area (Å²) in [7, 11) is 0. The van der Waals surface area contributed by atoms with Crippen molar-refractivity contribution >= 4 is 0 Å². The molecule has 1 fully saturated rings. The van der Waals surface area contributed by atoms with Gasteiger partial charge in [0.05, 0.1) is 6.07 Å². The van der Waals surface area contributed by atoms with Crippen LogP contribution < -0.4 is 0 Å². The van der Waals surface area contributed by atoms with Crippen LogP contribution in [0.15, 0.2) is 23.8 Å². The minimum atomic E-state index is 0.573. The van der Waals surface area contributed by atoms with E-state index in [1.165, 1.54) is 19.3 Å². The van der Waals surface area contributed by atoms with Crippen LogP contribution in [0.2, 0.25) is 0 Å². The van der Waals surface area contributed by atoms with Crippen LogP contribution in [-0.4, -0.2) is 0 Å². The van der Waals surface area contributed by atoms with Crippen LogP contribution in [-0.2, 0) is 0 Å². The van der Waals surface area contributed by atoms with Gasteiger partial charge >= 0.3 is 0 Å². The highest BCUT2D eigenvalue weighted by Gasteiger charge is 2.25. The third-order valence-corrected chi connectivity index (χ3v) is 3.48. The first-order chi connectivity index (χ1) is 7.65. The normalized spacial score (nSPS) is 19.1. The molecular weight excluding hydrogens is 194 g/mol. The van der Waals surface area contributed by atoms with Crippen molar-refractivity contribution in [2.45, 2.75) is 46.5 Å². The van der Waals surface area contributed by atoms with Crippen LogP contribution in [0.4, 0.5) is 0 Å². The largest absolute Gasteiger partial charge is 0.193 e. The summed E-state index contributed by atoms with van der Waals surface area (Å²) < 4.78 is 0. The minimum Gasteiger partial charge on any atom is -0.193 e. The maximum atomic E-state index is 8.90. The van der Waals surface area contributed by atoms with Crippen molar-refractivity contribution < 1.29 is 0 Å². The number of nitrogens with zero attached hydrogens (tertiary/aromatic N) is 1. The third kappa shape index (κ3) is 4.66. The Hall–Kier alpha value is -1.03. The van der Waals surface area contributed by atoms with Gasteiger partial charge in [-0.3, -0.25) is 0 Å². The van der Waals surface area contributed by atoms with Gasteiger partial charge in [0.25, 0.3) is 0 Å². The first-order valence-corrected chi connectivity index (χ1v) is 6.42. The Morgan fingerprint density at radius 2 is 2.06 bits per heavy atom. The summed E-state index contributed by atoms with van der Waals surface area (Å²) in [6.45, 7) is 6.85. The molecule has 1 aliphatic rings. The summed E-state index contributed by atoms with van der Waals surface area (Å²) >= 11 is 0. The van der Waals surface area contributed by atoms with Gasteiger partial charge in [-0.25, -0.2) is 0 Å². The fourth-order valence-electron chi connectivity index (χ4n) is 1.62. The summed E-state index contributed by atoms with van der Waals surface area (Å²) in [5, 5.41) is 8.90. The van der Waals surface area contributed by atoms with Gasteiger partial charge in [0.15, 0.2) is 0 Å². The highest BCUT2D eigenvalue weighted by Crippen LogP contribution is 2.35. The predicted octanol–water partition coefficient (Wildman–Crippen LogP) is 4.47. The Morgan fingerprint density at radius 3 is 2.56 bits per heavy atom. The molecule has 16 heavy (non-hydrogen) atoms. The molecule has 0 aromatic heterocycles. The van der Waals surface area contributed by atoms with Gasteiger partial charge in [0.2, 0.25) is 0 Å². The first-order valence-electron chi connectivity index (χ1n) is 6.42. The van der Waals surface area contributed by atoms with Crippen molar-refractivity contribution in [2.75, 3.05) is 0 Å². The monoisotopic (exact) mass is 217 g/mol. The second-order valence-electron chi connectivity index (χ2n) is 5.23. The molecule has 0 heterocycles. The Balaban J connectivity index is 2.24. The average molecular weight is 217 g/mol. The Labute approximate surface area is 99.9 Å². The summed E-state index contributed by atoms with van der Waals surface area (Å²) in [4.78, 5) is 0. The van der Waals surface area contributed by atoms with Crippen LogP contribution in [0.25, 0.3) is 0 Å². The van der Waals surface area contributed by atoms with Crippen molar-refractivity contribution in [3.8, 4) is 6.07 Å². The second-order valence-corrected chi connectivity index (χ2v) is 5.23. The number of hydrogen-bond donors (Lipinski definition) is 0. The van der Waals surface area contributed by atoms with Gasteiger partial charge < -0.3 is 0 Å². The summed E-state index contributed by atoms with van der Waals surface area (Å²) in [5.74, 6) is 2.13. The molecule has 1 atom stereocenters. The Bertz CT molecular complexity index is 300. The smallest absolute Gasteiger partial charge is 0.0950 e. The molecule has 88 valence electrons. The lowest BCUT2D eigenvalue weighted by atomic mass is 9.93. The molecule has 0 N–H and O–H groups in total. The second kappa shape index (κ2) is 6.53. The van der Waals surface area contributed by atoms with Crippen LogP contribution >= 0.6 is 0 Å². The minimum absolute atomic E-state index is 0.573. The van der Waals surface area contributed by atoms with E-state index in [-0.39, 0.29) is 0 Å². The molecule has 1 unspecified atom stereocenters. The van der Waals surface area contributed by atoms with Crippen molar-refractivity contribution in [1.29, 1.82) is 5.26 Å². The molecule has 1 aliphatic carbocycles. The van der Waals surface area contributed by atoms with Gasteiger partial charge in [0, 0.05) is 5.57 Å². The van der Waals surface area contributed by atoms with Gasteiger partial charge in [-0.2, -0.15) is 5.26 Å². The standard InChI is InChI=1S/C15H23N/c1-12(2)13(3)7-5-4-6-8-15(11-16)14-9-10-14/h4,6,8,12-14H,5,7,9-10H2,1-3H3. The lowest BCUT2D eigenvalue weighted by Crippen LogP contribution is -2.02. The predicted molar refractivity (Wildman–Crippen MR) is 68.8 cm³/mol. The van der Waals surface area contributed by atoms with E-state index in [0.29, 0.717) is 5.92 Å². The first kappa shape index (κ1) is 13.0. The molecule has 0 radical (unpaired) electrons. The molecule has 0 aromatic carbocycles. The van der Waals surface area contributed by atoms with Crippen molar-refractivity contribution in [3.05, 3.63) is 23.8 Å². The van der Waals surface area contributed by atoms with E-state index in [0.717, 1.165) is 23.8 Å². The summed E-state index contributed by atoms with van der Waals surface area (Å²) in [5.41, 5.74) is 0.966. The molecule has 0 saturated heterocycles. The van der Waals surface area contributed by atoms with Gasteiger partial charge in [-0.15, -0.1) is 0 Å². The van der Waals surface area contributed by atoms with Gasteiger partial charge in [-0.05, 0) is 49.5 Å². The molecule has 0 aromatic rings. The maximum Gasteiger partial charge on any atom is 0.0950 e. The molecule has 0 spiro atoms. The van der Waals surface area contributed by atoms with E-state index >= 15 is 0 Å². The Morgan fingerprint density at radius 1 is 1.38 bits per heavy atom. The summed E-state index contributed by atoms with van der Waals surface area (Å²) in [6, 6.07) is 2.29. The van der Waals surface area contributed by atoms with Crippen LogP contribution in [0.1, 0.15) is 46.5 Å².